The molecule has 0 radical (unpaired) electrons. The highest BCUT2D eigenvalue weighted by molar-refractivity contribution is 7.89. The van der Waals surface area contributed by atoms with Gasteiger partial charge in [-0.15, -0.1) is 0 Å². The molecule has 5 fully saturated rings. The lowest BCUT2D eigenvalue weighted by Gasteiger charge is -2.36. The van der Waals surface area contributed by atoms with Crippen LogP contribution in [0.25, 0.3) is 0 Å². The summed E-state index contributed by atoms with van der Waals surface area (Å²) < 4.78 is 66.2. The van der Waals surface area contributed by atoms with E-state index < -0.39 is 45.5 Å². The first-order valence-electron chi connectivity index (χ1n) is 20.5. The number of benzene rings is 1. The number of rotatable bonds is 11. The number of nitrogens with one attached hydrogen (secondary N) is 1. The molecule has 3 N–H and O–H groups in total. The number of nitrogens with two attached hydrogens (primary N) is 1. The van der Waals surface area contributed by atoms with Gasteiger partial charge < -0.3 is 25.6 Å². The first-order valence-corrected chi connectivity index (χ1v) is 22.3. The maximum atomic E-state index is 16.2. The van der Waals surface area contributed by atoms with Gasteiger partial charge >= 0.3 is 6.09 Å². The molecule has 2 aliphatic carbocycles. The molecule has 5 aliphatic rings. The van der Waals surface area contributed by atoms with Crippen LogP contribution in [0.3, 0.4) is 0 Å². The molecule has 1 unspecified atom stereocenters. The zero-order chi connectivity index (χ0) is 43.2. The number of pyridine rings is 1. The van der Waals surface area contributed by atoms with Crippen molar-refractivity contribution in [2.24, 2.45) is 28.0 Å². The van der Waals surface area contributed by atoms with E-state index in [2.05, 4.69) is 15.3 Å². The molecule has 60 heavy (non-hydrogen) atoms. The normalized spacial score (nSPS) is 25.3. The molecule has 1 aromatic carbocycles. The fourth-order valence-corrected chi connectivity index (χ4v) is 10.5. The number of carbonyl (C=O) groups excluding carboxylic acids is 4. The van der Waals surface area contributed by atoms with E-state index >= 15 is 8.78 Å². The molecule has 7 rings (SSSR count). The predicted octanol–water partition coefficient (Wildman–Crippen LogP) is 4.71. The number of hydrogen-bond acceptors (Lipinski definition) is 10. The molecule has 1 aromatic heterocycles. The number of nitrogens with zero attached hydrogens (tertiary/aromatic N) is 6. The fraction of sp³-hybridized carbons (Fsp3) is 0.610. The van der Waals surface area contributed by atoms with Crippen molar-refractivity contribution in [1.29, 1.82) is 0 Å². The average molecular weight is 875 g/mol. The van der Waals surface area contributed by atoms with E-state index in [4.69, 9.17) is 22.1 Å². The largest absolute Gasteiger partial charge is 0.442 e. The Labute approximate surface area is 354 Å². The fourth-order valence-electron chi connectivity index (χ4n) is 8.92. The number of halogens is 3. The van der Waals surface area contributed by atoms with E-state index in [1.165, 1.54) is 39.7 Å². The molecule has 1 spiro atoms. The van der Waals surface area contributed by atoms with E-state index in [0.717, 1.165) is 12.8 Å². The van der Waals surface area contributed by atoms with Gasteiger partial charge in [-0.3, -0.25) is 19.3 Å². The van der Waals surface area contributed by atoms with Crippen LogP contribution in [0.5, 0.6) is 0 Å². The third-order valence-corrected chi connectivity index (χ3v) is 14.4. The van der Waals surface area contributed by atoms with Gasteiger partial charge in [-0.2, -0.15) is 9.30 Å². The topological polar surface area (TPSA) is 188 Å². The summed E-state index contributed by atoms with van der Waals surface area (Å²) in [6, 6.07) is 7.82. The van der Waals surface area contributed by atoms with Crippen molar-refractivity contribution in [1.82, 2.24) is 19.5 Å². The molecule has 326 valence electrons. The number of aliphatic imine (C=N–C) groups is 1. The number of hydrogen-bond donors (Lipinski definition) is 2. The minimum Gasteiger partial charge on any atom is -0.442 e. The van der Waals surface area contributed by atoms with Crippen LogP contribution in [0.1, 0.15) is 77.7 Å². The summed E-state index contributed by atoms with van der Waals surface area (Å²) in [5.74, 6) is -5.15. The number of ether oxygens (including phenoxy) is 1. The second-order valence-electron chi connectivity index (χ2n) is 17.9. The van der Waals surface area contributed by atoms with E-state index in [1.807, 2.05) is 4.90 Å². The van der Waals surface area contributed by atoms with E-state index in [1.54, 1.807) is 37.8 Å². The highest BCUT2D eigenvalue weighted by Crippen LogP contribution is 2.55. The first kappa shape index (κ1) is 43.8. The average Bonchev–Trinajstić information content (AvgIpc) is 3.70. The predicted molar refractivity (Wildman–Crippen MR) is 220 cm³/mol. The third kappa shape index (κ3) is 9.92. The van der Waals surface area contributed by atoms with Crippen LogP contribution >= 0.6 is 11.6 Å². The van der Waals surface area contributed by atoms with Crippen molar-refractivity contribution in [2.75, 3.05) is 55.6 Å². The summed E-state index contributed by atoms with van der Waals surface area (Å²) in [7, 11) is -3.93. The molecule has 4 amide bonds. The lowest BCUT2D eigenvalue weighted by Crippen LogP contribution is -2.50. The van der Waals surface area contributed by atoms with Gasteiger partial charge in [0.1, 0.15) is 16.6 Å². The van der Waals surface area contributed by atoms with Crippen LogP contribution in [0.4, 0.5) is 25.1 Å². The molecule has 3 saturated heterocycles. The van der Waals surface area contributed by atoms with Crippen LogP contribution in [0.15, 0.2) is 46.3 Å². The molecule has 2 saturated carbocycles. The van der Waals surface area contributed by atoms with Gasteiger partial charge in [0, 0.05) is 81.0 Å². The molecule has 15 nitrogen and oxygen atoms in total. The number of likely N-dealkylation sites (tertiary alicyclic amines) is 1. The molecule has 0 bridgehead atoms. The van der Waals surface area contributed by atoms with Crippen molar-refractivity contribution in [2.45, 2.75) is 101 Å². The highest BCUT2D eigenvalue weighted by atomic mass is 35.5. The zero-order valence-corrected chi connectivity index (χ0v) is 35.7. The first-order chi connectivity index (χ1) is 28.2. The van der Waals surface area contributed by atoms with Gasteiger partial charge in [0.05, 0.1) is 17.5 Å². The van der Waals surface area contributed by atoms with E-state index in [0.29, 0.717) is 31.5 Å². The van der Waals surface area contributed by atoms with Crippen LogP contribution in [-0.4, -0.2) is 116 Å². The summed E-state index contributed by atoms with van der Waals surface area (Å²) in [4.78, 5) is 63.0. The maximum absolute atomic E-state index is 16.2. The number of amides is 4. The van der Waals surface area contributed by atoms with Gasteiger partial charge in [-0.25, -0.2) is 27.0 Å². The molecule has 4 heterocycles. The molecular weight excluding hydrogens is 822 g/mol. The van der Waals surface area contributed by atoms with Gasteiger partial charge in [-0.1, -0.05) is 11.6 Å². The second kappa shape index (κ2) is 16.9. The number of sulfonamides is 1. The number of piperazine rings is 1. The smallest absolute Gasteiger partial charge is 0.433 e. The molecule has 3 aliphatic heterocycles. The Balaban J connectivity index is 0.916. The number of alkyl halides is 2. The summed E-state index contributed by atoms with van der Waals surface area (Å²) >= 11 is 6.32. The van der Waals surface area contributed by atoms with Gasteiger partial charge in [0.25, 0.3) is 5.92 Å². The maximum Gasteiger partial charge on any atom is 0.433 e. The summed E-state index contributed by atoms with van der Waals surface area (Å²) in [5, 5.41) is 2.97. The van der Waals surface area contributed by atoms with Crippen molar-refractivity contribution in [3.8, 4) is 0 Å². The zero-order valence-electron chi connectivity index (χ0n) is 34.1. The summed E-state index contributed by atoms with van der Waals surface area (Å²) in [6.45, 7) is 6.67. The quantitative estimate of drug-likeness (QED) is 0.237. The Morgan fingerprint density at radius 3 is 2.33 bits per heavy atom. The monoisotopic (exact) mass is 874 g/mol. The molecule has 2 aromatic rings. The summed E-state index contributed by atoms with van der Waals surface area (Å²) in [5.41, 5.74) is 5.07. The number of anilines is 2. The minimum absolute atomic E-state index is 0.0171. The third-order valence-electron chi connectivity index (χ3n) is 12.3. The highest BCUT2D eigenvalue weighted by Gasteiger charge is 2.54. The Bertz CT molecular complexity index is 2120. The van der Waals surface area contributed by atoms with Gasteiger partial charge in [0.2, 0.25) is 27.7 Å². The molecule has 19 heteroatoms. The Kier molecular flexibility index (Phi) is 12.3. The van der Waals surface area contributed by atoms with Crippen molar-refractivity contribution >= 4 is 63.2 Å². The number of primary amides is 1. The van der Waals surface area contributed by atoms with Crippen LogP contribution in [-0.2, 0) is 35.1 Å². The van der Waals surface area contributed by atoms with Crippen molar-refractivity contribution < 1.29 is 41.1 Å². The van der Waals surface area contributed by atoms with Gasteiger partial charge in [-0.05, 0) is 108 Å². The Morgan fingerprint density at radius 1 is 1.05 bits per heavy atom. The van der Waals surface area contributed by atoms with Crippen LogP contribution < -0.4 is 20.9 Å². The number of aromatic nitrogens is 1. The van der Waals surface area contributed by atoms with Crippen LogP contribution in [0.2, 0.25) is 5.15 Å². The Hall–Kier alpha value is -4.26. The van der Waals surface area contributed by atoms with Gasteiger partial charge in [0.15, 0.2) is 0 Å². The van der Waals surface area contributed by atoms with Crippen molar-refractivity contribution in [3.63, 3.8) is 0 Å². The minimum atomic E-state index is -3.93. The lowest BCUT2D eigenvalue weighted by atomic mass is 9.80. The van der Waals surface area contributed by atoms with E-state index in [-0.39, 0.29) is 109 Å². The second-order valence-corrected chi connectivity index (χ2v) is 20.2. The standard InChI is InChI=1S/C41H53ClF2N8O7S/c1-39(2,3)59-38(56)46-22-26-18-36(54)52(23-26)30-8-10-31(11-9-30)60(57,58)51-16-14-49(15-17-51)35-20-28(19-33(42)48-35)41(43,44)27-4-6-29(7-5-27)47-37(55)32-21-40(12-13-40)25-50(32)24-34(45)53/h8-11,19-20,22,26-27,29,32H,4-7,12-18,21,23-25H2,1-3H3,(H2,45,53)(H,47,55)/t26?,27?,29?,32-/m0/s1. The van der Waals surface area contributed by atoms with Crippen molar-refractivity contribution in [3.05, 3.63) is 47.1 Å². The molecular formula is C41H53ClF2N8O7S. The van der Waals surface area contributed by atoms with Crippen LogP contribution in [0, 0.1) is 17.3 Å². The SMILES string of the molecule is CC(C)(C)OC(=O)N=CC1CC(=O)N(c2ccc(S(=O)(=O)N3CCN(c4cc(C(F)(F)C5CCC(NC(=O)[C@@H]6CC7(CC7)CN6CC(N)=O)CC5)cc(Cl)n4)CC3)cc2)C1. The number of carbonyl (C=O) groups is 4. The van der Waals surface area contributed by atoms with E-state index in [9.17, 15) is 27.6 Å². The lowest BCUT2D eigenvalue weighted by molar-refractivity contribution is -0.128. The summed E-state index contributed by atoms with van der Waals surface area (Å²) in [6.07, 6.45) is 4.66. The molecule has 2 atom stereocenters. The Morgan fingerprint density at radius 2 is 1.72 bits per heavy atom.